The Kier molecular flexibility index (Phi) is 5.47. The van der Waals surface area contributed by atoms with Crippen molar-refractivity contribution in [3.8, 4) is 0 Å². The third-order valence-corrected chi connectivity index (χ3v) is 2.93. The molecule has 0 aliphatic carbocycles. The van der Waals surface area contributed by atoms with Gasteiger partial charge in [0.15, 0.2) is 0 Å². The van der Waals surface area contributed by atoms with E-state index >= 15 is 0 Å². The third-order valence-electron chi connectivity index (χ3n) is 1.93. The fourth-order valence-electron chi connectivity index (χ4n) is 1.13. The predicted molar refractivity (Wildman–Crippen MR) is 55.2 cm³/mol. The summed E-state index contributed by atoms with van der Waals surface area (Å²) in [5.74, 6) is -1.38. The average Bonchev–Trinajstić information content (AvgIpc) is 2.10. The highest BCUT2D eigenvalue weighted by Crippen LogP contribution is 2.29. The smallest absolute Gasteiger partial charge is 0.396 e. The number of hydrogen-bond acceptors (Lipinski definition) is 4. The van der Waals surface area contributed by atoms with Crippen molar-refractivity contribution < 1.29 is 30.9 Å². The van der Waals surface area contributed by atoms with Crippen LogP contribution in [0.15, 0.2) is 12.3 Å². The van der Waals surface area contributed by atoms with E-state index in [1.54, 1.807) is 13.8 Å². The maximum absolute atomic E-state index is 12.0. The number of alkyl halides is 3. The molecule has 17 heavy (non-hydrogen) atoms. The summed E-state index contributed by atoms with van der Waals surface area (Å²) in [6.45, 7) is 6.14. The standard InChI is InChI=1S/C9H15F3O4S/c1-6(2)4-8(5-13)7(3)16-17(14,15)9(10,11)12/h6,8,13H,3-5H2,1-2H3. The lowest BCUT2D eigenvalue weighted by molar-refractivity contribution is -0.0529. The maximum Gasteiger partial charge on any atom is 0.534 e. The van der Waals surface area contributed by atoms with Gasteiger partial charge in [-0.25, -0.2) is 0 Å². The number of hydrogen-bond donors (Lipinski definition) is 1. The van der Waals surface area contributed by atoms with Crippen LogP contribution in [0, 0.1) is 11.8 Å². The van der Waals surface area contributed by atoms with Crippen molar-refractivity contribution in [2.75, 3.05) is 6.61 Å². The highest BCUT2D eigenvalue weighted by Gasteiger charge is 2.49. The summed E-state index contributed by atoms with van der Waals surface area (Å²) >= 11 is 0. The summed E-state index contributed by atoms with van der Waals surface area (Å²) in [4.78, 5) is 0. The quantitative estimate of drug-likeness (QED) is 0.458. The van der Waals surface area contributed by atoms with Gasteiger partial charge in [0, 0.05) is 5.92 Å². The molecule has 0 bridgehead atoms. The molecule has 0 aliphatic heterocycles. The van der Waals surface area contributed by atoms with Crippen LogP contribution in [-0.2, 0) is 14.3 Å². The Hall–Kier alpha value is -0.760. The van der Waals surface area contributed by atoms with Crippen molar-refractivity contribution in [2.24, 2.45) is 11.8 Å². The molecule has 0 aromatic heterocycles. The van der Waals surface area contributed by atoms with Gasteiger partial charge in [-0.1, -0.05) is 20.4 Å². The van der Waals surface area contributed by atoms with Crippen LogP contribution in [0.1, 0.15) is 20.3 Å². The molecule has 0 saturated heterocycles. The number of rotatable bonds is 6. The van der Waals surface area contributed by atoms with Gasteiger partial charge in [0.2, 0.25) is 0 Å². The van der Waals surface area contributed by atoms with Gasteiger partial charge in [0.25, 0.3) is 0 Å². The Morgan fingerprint density at radius 2 is 1.88 bits per heavy atom. The fraction of sp³-hybridized carbons (Fsp3) is 0.778. The molecule has 0 aromatic rings. The normalized spacial score (nSPS) is 14.8. The van der Waals surface area contributed by atoms with Crippen LogP contribution < -0.4 is 0 Å². The molecule has 0 radical (unpaired) electrons. The van der Waals surface area contributed by atoms with Crippen LogP contribution in [0.25, 0.3) is 0 Å². The molecule has 0 spiro atoms. The highest BCUT2D eigenvalue weighted by atomic mass is 32.2. The minimum Gasteiger partial charge on any atom is -0.396 e. The lowest BCUT2D eigenvalue weighted by Gasteiger charge is -2.19. The van der Waals surface area contributed by atoms with Crippen LogP contribution >= 0.6 is 0 Å². The minimum absolute atomic E-state index is 0.0566. The molecule has 0 heterocycles. The average molecular weight is 276 g/mol. The van der Waals surface area contributed by atoms with E-state index in [1.807, 2.05) is 0 Å². The van der Waals surface area contributed by atoms with E-state index < -0.39 is 33.9 Å². The van der Waals surface area contributed by atoms with Crippen molar-refractivity contribution in [1.82, 2.24) is 0 Å². The van der Waals surface area contributed by atoms with E-state index in [4.69, 9.17) is 5.11 Å². The monoisotopic (exact) mass is 276 g/mol. The summed E-state index contributed by atoms with van der Waals surface area (Å²) in [6.07, 6.45) is 0.280. The Morgan fingerprint density at radius 3 is 2.18 bits per heavy atom. The van der Waals surface area contributed by atoms with Gasteiger partial charge in [-0.15, -0.1) is 0 Å². The van der Waals surface area contributed by atoms with Crippen LogP contribution in [0.4, 0.5) is 13.2 Å². The van der Waals surface area contributed by atoms with Gasteiger partial charge in [-0.2, -0.15) is 21.6 Å². The van der Waals surface area contributed by atoms with Gasteiger partial charge < -0.3 is 9.29 Å². The second-order valence-corrected chi connectivity index (χ2v) is 5.50. The second kappa shape index (κ2) is 5.72. The van der Waals surface area contributed by atoms with Crippen LogP contribution in [0.5, 0.6) is 0 Å². The number of halogens is 3. The number of aliphatic hydroxyl groups excluding tert-OH is 1. The zero-order valence-corrected chi connectivity index (χ0v) is 10.3. The Morgan fingerprint density at radius 1 is 1.41 bits per heavy atom. The Labute approximate surface area is 98.2 Å². The van der Waals surface area contributed by atoms with Crippen molar-refractivity contribution in [3.05, 3.63) is 12.3 Å². The second-order valence-electron chi connectivity index (χ2n) is 3.96. The summed E-state index contributed by atoms with van der Waals surface area (Å²) in [7, 11) is -5.70. The molecule has 102 valence electrons. The van der Waals surface area contributed by atoms with E-state index in [9.17, 15) is 21.6 Å². The highest BCUT2D eigenvalue weighted by molar-refractivity contribution is 7.87. The van der Waals surface area contributed by atoms with Gasteiger partial charge in [-0.3, -0.25) is 0 Å². The molecule has 8 heteroatoms. The van der Waals surface area contributed by atoms with Crippen molar-refractivity contribution in [1.29, 1.82) is 0 Å². The Bertz CT molecular complexity index is 359. The van der Waals surface area contributed by atoms with E-state index in [-0.39, 0.29) is 12.3 Å². The summed E-state index contributed by atoms with van der Waals surface area (Å²) in [5, 5.41) is 8.93. The van der Waals surface area contributed by atoms with Gasteiger partial charge in [0.1, 0.15) is 5.76 Å². The molecule has 0 aliphatic rings. The molecule has 0 aromatic carbocycles. The number of aliphatic hydroxyl groups is 1. The first-order chi connectivity index (χ1) is 7.51. The minimum atomic E-state index is -5.70. The molecule has 0 saturated carbocycles. The maximum atomic E-state index is 12.0. The largest absolute Gasteiger partial charge is 0.534 e. The molecule has 4 nitrogen and oxygen atoms in total. The van der Waals surface area contributed by atoms with Crippen LogP contribution in [0.2, 0.25) is 0 Å². The molecule has 0 amide bonds. The zero-order chi connectivity index (χ0) is 13.9. The summed E-state index contributed by atoms with van der Waals surface area (Å²) < 4.78 is 61.2. The lowest BCUT2D eigenvalue weighted by atomic mass is 9.97. The van der Waals surface area contributed by atoms with Crippen molar-refractivity contribution in [2.45, 2.75) is 25.8 Å². The zero-order valence-electron chi connectivity index (χ0n) is 9.49. The van der Waals surface area contributed by atoms with Crippen molar-refractivity contribution in [3.63, 3.8) is 0 Å². The molecular formula is C9H15F3O4S. The van der Waals surface area contributed by atoms with Crippen LogP contribution in [0.3, 0.4) is 0 Å². The molecule has 0 fully saturated rings. The molecule has 1 N–H and O–H groups in total. The SMILES string of the molecule is C=C(OS(=O)(=O)C(F)(F)F)C(CO)CC(C)C. The first kappa shape index (κ1) is 16.2. The van der Waals surface area contributed by atoms with Crippen molar-refractivity contribution >= 4 is 10.1 Å². The van der Waals surface area contributed by atoms with E-state index in [1.165, 1.54) is 0 Å². The lowest BCUT2D eigenvalue weighted by Crippen LogP contribution is -2.27. The topological polar surface area (TPSA) is 63.6 Å². The molecule has 1 atom stereocenters. The predicted octanol–water partition coefficient (Wildman–Crippen LogP) is 2.02. The molecular weight excluding hydrogens is 261 g/mol. The fourth-order valence-corrected chi connectivity index (χ4v) is 1.65. The molecule has 0 rings (SSSR count). The summed E-state index contributed by atoms with van der Waals surface area (Å²) in [6, 6.07) is 0. The van der Waals surface area contributed by atoms with Gasteiger partial charge >= 0.3 is 15.6 Å². The first-order valence-electron chi connectivity index (χ1n) is 4.81. The van der Waals surface area contributed by atoms with E-state index in [0.717, 1.165) is 0 Å². The van der Waals surface area contributed by atoms with Crippen LogP contribution in [-0.4, -0.2) is 25.6 Å². The molecule has 1 unspecified atom stereocenters. The third kappa shape index (κ3) is 4.95. The van der Waals surface area contributed by atoms with E-state index in [0.29, 0.717) is 0 Å². The van der Waals surface area contributed by atoms with E-state index in [2.05, 4.69) is 10.8 Å². The van der Waals surface area contributed by atoms with Gasteiger partial charge in [-0.05, 0) is 12.3 Å². The first-order valence-corrected chi connectivity index (χ1v) is 6.22. The Balaban J connectivity index is 4.74. The summed E-state index contributed by atoms with van der Waals surface area (Å²) in [5.41, 5.74) is -5.49. The van der Waals surface area contributed by atoms with Gasteiger partial charge in [0.05, 0.1) is 6.61 Å².